The van der Waals surface area contributed by atoms with Crippen LogP contribution in [-0.4, -0.2) is 16.6 Å². The van der Waals surface area contributed by atoms with Crippen LogP contribution in [0.15, 0.2) is 58.6 Å². The van der Waals surface area contributed by atoms with E-state index in [1.165, 1.54) is 0 Å². The smallest absolute Gasteiger partial charge is 0.182 e. The number of halogens is 1. The van der Waals surface area contributed by atoms with Crippen molar-refractivity contribution in [2.24, 2.45) is 10.1 Å². The molecule has 0 bridgehead atoms. The van der Waals surface area contributed by atoms with Crippen LogP contribution < -0.4 is 5.43 Å². The van der Waals surface area contributed by atoms with E-state index in [4.69, 9.17) is 11.6 Å². The summed E-state index contributed by atoms with van der Waals surface area (Å²) in [6.07, 6.45) is 0. The van der Waals surface area contributed by atoms with Crippen molar-refractivity contribution in [3.8, 4) is 0 Å². The molecule has 0 spiro atoms. The van der Waals surface area contributed by atoms with E-state index in [0.717, 1.165) is 38.5 Å². The lowest BCUT2D eigenvalue weighted by Crippen LogP contribution is -2.25. The van der Waals surface area contributed by atoms with Gasteiger partial charge in [0.1, 0.15) is 0 Å². The molecule has 106 valence electrons. The van der Waals surface area contributed by atoms with Crippen molar-refractivity contribution in [2.75, 3.05) is 5.75 Å². The van der Waals surface area contributed by atoms with Gasteiger partial charge in [-0.15, -0.1) is 0 Å². The molecule has 0 saturated heterocycles. The SMILES string of the molecule is Cc1c(Cl)cccc1N=C1NN=C(c2ccccc2)CS1. The van der Waals surface area contributed by atoms with E-state index < -0.39 is 0 Å². The first kappa shape index (κ1) is 14.2. The molecule has 2 aromatic rings. The molecular weight excluding hydrogens is 302 g/mol. The molecule has 0 atom stereocenters. The number of aliphatic imine (C=N–C) groups is 1. The van der Waals surface area contributed by atoms with Crippen molar-refractivity contribution >= 4 is 39.9 Å². The van der Waals surface area contributed by atoms with Gasteiger partial charge in [-0.1, -0.05) is 59.8 Å². The van der Waals surface area contributed by atoms with Crippen LogP contribution in [0.2, 0.25) is 5.02 Å². The number of rotatable bonds is 2. The Kier molecular flexibility index (Phi) is 4.27. The number of nitrogens with one attached hydrogen (secondary N) is 1. The van der Waals surface area contributed by atoms with E-state index in [9.17, 15) is 0 Å². The fraction of sp³-hybridized carbons (Fsp3) is 0.125. The quantitative estimate of drug-likeness (QED) is 0.893. The second-order valence-electron chi connectivity index (χ2n) is 4.63. The zero-order valence-electron chi connectivity index (χ0n) is 11.5. The second kappa shape index (κ2) is 6.33. The highest BCUT2D eigenvalue weighted by molar-refractivity contribution is 8.14. The van der Waals surface area contributed by atoms with Crippen LogP contribution in [0.3, 0.4) is 0 Å². The fourth-order valence-electron chi connectivity index (χ4n) is 1.98. The zero-order valence-corrected chi connectivity index (χ0v) is 13.1. The summed E-state index contributed by atoms with van der Waals surface area (Å²) in [5, 5.41) is 5.93. The van der Waals surface area contributed by atoms with Gasteiger partial charge >= 0.3 is 0 Å². The number of amidine groups is 1. The van der Waals surface area contributed by atoms with Crippen LogP contribution in [0, 0.1) is 6.92 Å². The first-order chi connectivity index (χ1) is 10.2. The predicted molar refractivity (Wildman–Crippen MR) is 91.9 cm³/mol. The van der Waals surface area contributed by atoms with Gasteiger partial charge in [-0.25, -0.2) is 4.99 Å². The lowest BCUT2D eigenvalue weighted by atomic mass is 10.1. The van der Waals surface area contributed by atoms with Crippen LogP contribution in [0.4, 0.5) is 5.69 Å². The third-order valence-corrected chi connectivity index (χ3v) is 4.48. The molecule has 1 aliphatic heterocycles. The average molecular weight is 316 g/mol. The number of thioether (sulfide) groups is 1. The van der Waals surface area contributed by atoms with Crippen molar-refractivity contribution in [3.63, 3.8) is 0 Å². The Labute approximate surface area is 133 Å². The van der Waals surface area contributed by atoms with E-state index in [2.05, 4.69) is 27.7 Å². The number of benzene rings is 2. The Morgan fingerprint density at radius 2 is 1.95 bits per heavy atom. The molecule has 0 aromatic heterocycles. The highest BCUT2D eigenvalue weighted by Crippen LogP contribution is 2.27. The lowest BCUT2D eigenvalue weighted by Gasteiger charge is -2.15. The molecule has 3 rings (SSSR count). The molecule has 3 nitrogen and oxygen atoms in total. The maximum atomic E-state index is 6.11. The van der Waals surface area contributed by atoms with Crippen LogP contribution in [0.1, 0.15) is 11.1 Å². The van der Waals surface area contributed by atoms with Gasteiger partial charge < -0.3 is 0 Å². The summed E-state index contributed by atoms with van der Waals surface area (Å²) >= 11 is 7.75. The number of nitrogens with zero attached hydrogens (tertiary/aromatic N) is 2. The van der Waals surface area contributed by atoms with Gasteiger partial charge in [0.25, 0.3) is 0 Å². The van der Waals surface area contributed by atoms with Crippen molar-refractivity contribution in [2.45, 2.75) is 6.92 Å². The van der Waals surface area contributed by atoms with Gasteiger partial charge in [-0.05, 0) is 30.2 Å². The van der Waals surface area contributed by atoms with E-state index in [1.807, 2.05) is 43.3 Å². The summed E-state index contributed by atoms with van der Waals surface area (Å²) in [7, 11) is 0. The Bertz CT molecular complexity index is 711. The zero-order chi connectivity index (χ0) is 14.7. The van der Waals surface area contributed by atoms with Crippen LogP contribution in [-0.2, 0) is 0 Å². The summed E-state index contributed by atoms with van der Waals surface area (Å²) in [4.78, 5) is 4.58. The van der Waals surface area contributed by atoms with Crippen molar-refractivity contribution in [3.05, 3.63) is 64.7 Å². The Hall–Kier alpha value is -1.78. The standard InChI is InChI=1S/C16H14ClN3S/c1-11-13(17)8-5-9-14(11)18-16-20-19-15(10-21-16)12-6-3-2-4-7-12/h2-9H,10H2,1H3,(H,18,20). The monoisotopic (exact) mass is 315 g/mol. The summed E-state index contributed by atoms with van der Waals surface area (Å²) in [5.74, 6) is 0.801. The van der Waals surface area contributed by atoms with E-state index in [1.54, 1.807) is 11.8 Å². The molecular formula is C16H14ClN3S. The van der Waals surface area contributed by atoms with Gasteiger partial charge in [0.2, 0.25) is 0 Å². The molecule has 0 fully saturated rings. The first-order valence-corrected chi connectivity index (χ1v) is 7.95. The molecule has 21 heavy (non-hydrogen) atoms. The van der Waals surface area contributed by atoms with Crippen molar-refractivity contribution in [1.29, 1.82) is 0 Å². The molecule has 0 radical (unpaired) electrons. The van der Waals surface area contributed by atoms with Crippen molar-refractivity contribution < 1.29 is 0 Å². The number of hydrogen-bond acceptors (Lipinski definition) is 3. The number of hydrazone groups is 1. The van der Waals surface area contributed by atoms with Crippen LogP contribution >= 0.6 is 23.4 Å². The van der Waals surface area contributed by atoms with Crippen LogP contribution in [0.25, 0.3) is 0 Å². The minimum Gasteiger partial charge on any atom is -0.255 e. The van der Waals surface area contributed by atoms with Crippen LogP contribution in [0.5, 0.6) is 0 Å². The average Bonchev–Trinajstić information content (AvgIpc) is 2.53. The maximum Gasteiger partial charge on any atom is 0.182 e. The normalized spacial score (nSPS) is 16.5. The Morgan fingerprint density at radius 1 is 1.14 bits per heavy atom. The molecule has 0 aliphatic carbocycles. The maximum absolute atomic E-state index is 6.11. The largest absolute Gasteiger partial charge is 0.255 e. The van der Waals surface area contributed by atoms with Gasteiger partial charge in [0, 0.05) is 10.8 Å². The third-order valence-electron chi connectivity index (χ3n) is 3.20. The summed E-state index contributed by atoms with van der Waals surface area (Å²) in [6.45, 7) is 1.97. The van der Waals surface area contributed by atoms with Gasteiger partial charge in [0.05, 0.1) is 11.4 Å². The summed E-state index contributed by atoms with van der Waals surface area (Å²) in [6, 6.07) is 15.9. The topological polar surface area (TPSA) is 36.8 Å². The lowest BCUT2D eigenvalue weighted by molar-refractivity contribution is 1.03. The highest BCUT2D eigenvalue weighted by Gasteiger charge is 2.13. The number of hydrogen-bond donors (Lipinski definition) is 1. The van der Waals surface area contributed by atoms with Gasteiger partial charge in [-0.3, -0.25) is 5.43 Å². The minimum absolute atomic E-state index is 0.728. The molecule has 0 saturated carbocycles. The molecule has 5 heteroatoms. The highest BCUT2D eigenvalue weighted by atomic mass is 35.5. The van der Waals surface area contributed by atoms with E-state index >= 15 is 0 Å². The van der Waals surface area contributed by atoms with Gasteiger partial charge in [-0.2, -0.15) is 5.10 Å². The first-order valence-electron chi connectivity index (χ1n) is 6.58. The van der Waals surface area contributed by atoms with Crippen molar-refractivity contribution in [1.82, 2.24) is 5.43 Å². The summed E-state index contributed by atoms with van der Waals surface area (Å²) in [5.41, 5.74) is 7.04. The molecule has 0 amide bonds. The molecule has 1 heterocycles. The molecule has 0 unspecified atom stereocenters. The minimum atomic E-state index is 0.728. The van der Waals surface area contributed by atoms with Gasteiger partial charge in [0.15, 0.2) is 5.17 Å². The Balaban J connectivity index is 1.80. The third kappa shape index (κ3) is 3.28. The molecule has 1 aliphatic rings. The second-order valence-corrected chi connectivity index (χ2v) is 6.00. The van der Waals surface area contributed by atoms with E-state index in [0.29, 0.717) is 0 Å². The Morgan fingerprint density at radius 3 is 2.67 bits per heavy atom. The predicted octanol–water partition coefficient (Wildman–Crippen LogP) is 4.38. The molecule has 2 aromatic carbocycles. The van der Waals surface area contributed by atoms with E-state index in [-0.39, 0.29) is 0 Å². The summed E-state index contributed by atoms with van der Waals surface area (Å²) < 4.78 is 0. The molecule has 1 N–H and O–H groups in total. The fourth-order valence-corrected chi connectivity index (χ4v) is 2.93.